The van der Waals surface area contributed by atoms with E-state index in [2.05, 4.69) is 15.5 Å². The van der Waals surface area contributed by atoms with Crippen molar-refractivity contribution >= 4 is 21.6 Å². The number of nitrogens with one attached hydrogen (secondary N) is 2. The Bertz CT molecular complexity index is 681. The topological polar surface area (TPSA) is 81.8 Å². The molecule has 1 aromatic carbocycles. The number of rotatable bonds is 5. The summed E-state index contributed by atoms with van der Waals surface area (Å²) in [6.45, 7) is 5.62. The minimum Gasteiger partial charge on any atom is -0.325 e. The van der Waals surface area contributed by atoms with E-state index in [4.69, 9.17) is 0 Å². The van der Waals surface area contributed by atoms with E-state index in [0.29, 0.717) is 17.8 Å². The molecule has 1 fully saturated rings. The molecule has 1 aromatic rings. The van der Waals surface area contributed by atoms with Gasteiger partial charge in [-0.25, -0.2) is 12.7 Å². The van der Waals surface area contributed by atoms with Crippen LogP contribution in [0.5, 0.6) is 0 Å². The molecular formula is C16H26N4O3S. The smallest absolute Gasteiger partial charge is 0.242 e. The van der Waals surface area contributed by atoms with E-state index in [1.165, 1.54) is 24.5 Å². The molecule has 2 rings (SSSR count). The lowest BCUT2D eigenvalue weighted by Crippen LogP contribution is -2.35. The fourth-order valence-corrected chi connectivity index (χ4v) is 3.76. The summed E-state index contributed by atoms with van der Waals surface area (Å²) in [5, 5.41) is 6.10. The molecule has 0 aromatic heterocycles. The van der Waals surface area contributed by atoms with Crippen LogP contribution in [0.4, 0.5) is 5.69 Å². The molecule has 7 nitrogen and oxygen atoms in total. The summed E-state index contributed by atoms with van der Waals surface area (Å²) < 4.78 is 25.9. The largest absolute Gasteiger partial charge is 0.325 e. The number of sulfonamides is 1. The first kappa shape index (κ1) is 18.9. The molecule has 1 aliphatic heterocycles. The molecule has 0 unspecified atom stereocenters. The number of anilines is 1. The highest BCUT2D eigenvalue weighted by atomic mass is 32.2. The summed E-state index contributed by atoms with van der Waals surface area (Å²) in [6.07, 6.45) is 1.02. The van der Waals surface area contributed by atoms with Crippen LogP contribution in [0.1, 0.15) is 12.0 Å². The Labute approximate surface area is 144 Å². The van der Waals surface area contributed by atoms with Gasteiger partial charge in [0.25, 0.3) is 0 Å². The maximum absolute atomic E-state index is 12.3. The van der Waals surface area contributed by atoms with Gasteiger partial charge in [-0.15, -0.1) is 0 Å². The van der Waals surface area contributed by atoms with Crippen LogP contribution >= 0.6 is 0 Å². The van der Waals surface area contributed by atoms with Gasteiger partial charge < -0.3 is 10.6 Å². The third-order valence-electron chi connectivity index (χ3n) is 4.03. The highest BCUT2D eigenvalue weighted by Gasteiger charge is 2.20. The lowest BCUT2D eigenvalue weighted by atomic mass is 10.2. The van der Waals surface area contributed by atoms with Crippen LogP contribution in [-0.2, 0) is 14.8 Å². The Hall–Kier alpha value is -1.48. The Balaban J connectivity index is 2.08. The summed E-state index contributed by atoms with van der Waals surface area (Å²) in [5.74, 6) is -0.131. The standard InChI is InChI=1S/C16H26N4O3S/c1-13-5-6-14(11-15(13)24(22,23)19(2)3)18-16(21)12-20-9-4-7-17-8-10-20/h5-6,11,17H,4,7-10,12H2,1-3H3,(H,18,21). The molecule has 0 aliphatic carbocycles. The highest BCUT2D eigenvalue weighted by molar-refractivity contribution is 7.89. The van der Waals surface area contributed by atoms with Gasteiger partial charge in [-0.1, -0.05) is 6.07 Å². The lowest BCUT2D eigenvalue weighted by Gasteiger charge is -2.19. The number of carbonyl (C=O) groups excluding carboxylic acids is 1. The maximum atomic E-state index is 12.3. The van der Waals surface area contributed by atoms with Crippen molar-refractivity contribution in [1.29, 1.82) is 0 Å². The molecule has 0 atom stereocenters. The maximum Gasteiger partial charge on any atom is 0.242 e. The van der Waals surface area contributed by atoms with Crippen LogP contribution in [0.15, 0.2) is 23.1 Å². The Morgan fingerprint density at radius 1 is 1.29 bits per heavy atom. The van der Waals surface area contributed by atoms with Crippen LogP contribution in [-0.4, -0.2) is 70.3 Å². The first-order valence-electron chi connectivity index (χ1n) is 8.07. The fraction of sp³-hybridized carbons (Fsp3) is 0.562. The summed E-state index contributed by atoms with van der Waals surface area (Å²) in [4.78, 5) is 14.6. The van der Waals surface area contributed by atoms with Gasteiger partial charge in [0.15, 0.2) is 0 Å². The van der Waals surface area contributed by atoms with Gasteiger partial charge >= 0.3 is 0 Å². The summed E-state index contributed by atoms with van der Waals surface area (Å²) in [5.41, 5.74) is 1.15. The second-order valence-electron chi connectivity index (χ2n) is 6.20. The van der Waals surface area contributed by atoms with Crippen molar-refractivity contribution in [1.82, 2.24) is 14.5 Å². The van der Waals surface area contributed by atoms with E-state index >= 15 is 0 Å². The normalized spacial score (nSPS) is 16.8. The number of nitrogens with zero attached hydrogens (tertiary/aromatic N) is 2. The minimum atomic E-state index is -3.53. The average Bonchev–Trinajstić information content (AvgIpc) is 2.77. The van der Waals surface area contributed by atoms with E-state index in [1.807, 2.05) is 0 Å². The second-order valence-corrected chi connectivity index (χ2v) is 8.32. The number of hydrogen-bond donors (Lipinski definition) is 2. The Morgan fingerprint density at radius 2 is 2.04 bits per heavy atom. The van der Waals surface area contributed by atoms with Crippen molar-refractivity contribution in [3.63, 3.8) is 0 Å². The van der Waals surface area contributed by atoms with Crippen LogP contribution < -0.4 is 10.6 Å². The van der Waals surface area contributed by atoms with Gasteiger partial charge in [0.1, 0.15) is 0 Å². The van der Waals surface area contributed by atoms with Crippen LogP contribution in [0.25, 0.3) is 0 Å². The molecule has 2 N–H and O–H groups in total. The van der Waals surface area contributed by atoms with Crippen molar-refractivity contribution in [3.05, 3.63) is 23.8 Å². The number of amides is 1. The van der Waals surface area contributed by atoms with Crippen LogP contribution in [0.2, 0.25) is 0 Å². The van der Waals surface area contributed by atoms with Crippen molar-refractivity contribution in [2.24, 2.45) is 0 Å². The van der Waals surface area contributed by atoms with Gasteiger partial charge in [-0.3, -0.25) is 9.69 Å². The van der Waals surface area contributed by atoms with Crippen molar-refractivity contribution in [2.45, 2.75) is 18.2 Å². The van der Waals surface area contributed by atoms with Crippen molar-refractivity contribution in [3.8, 4) is 0 Å². The fourth-order valence-electron chi connectivity index (χ4n) is 2.62. The molecule has 24 heavy (non-hydrogen) atoms. The van der Waals surface area contributed by atoms with Gasteiger partial charge in [-0.2, -0.15) is 0 Å². The van der Waals surface area contributed by atoms with Crippen molar-refractivity contribution < 1.29 is 13.2 Å². The SMILES string of the molecule is Cc1ccc(NC(=O)CN2CCCNCC2)cc1S(=O)(=O)N(C)C. The molecule has 1 saturated heterocycles. The molecule has 0 saturated carbocycles. The van der Waals surface area contributed by atoms with Crippen LogP contribution in [0, 0.1) is 6.92 Å². The first-order valence-corrected chi connectivity index (χ1v) is 9.51. The van der Waals surface area contributed by atoms with Crippen LogP contribution in [0.3, 0.4) is 0 Å². The Morgan fingerprint density at radius 3 is 2.75 bits per heavy atom. The highest BCUT2D eigenvalue weighted by Crippen LogP contribution is 2.22. The van der Waals surface area contributed by atoms with E-state index in [9.17, 15) is 13.2 Å². The zero-order valence-electron chi connectivity index (χ0n) is 14.5. The molecule has 0 spiro atoms. The predicted molar refractivity (Wildman–Crippen MR) is 94.6 cm³/mol. The number of carbonyl (C=O) groups is 1. The van der Waals surface area contributed by atoms with Gasteiger partial charge in [0.05, 0.1) is 11.4 Å². The second kappa shape index (κ2) is 8.06. The number of aryl methyl sites for hydroxylation is 1. The van der Waals surface area contributed by atoms with E-state index in [1.54, 1.807) is 19.1 Å². The van der Waals surface area contributed by atoms with Gasteiger partial charge in [0.2, 0.25) is 15.9 Å². The van der Waals surface area contributed by atoms with Crippen molar-refractivity contribution in [2.75, 3.05) is 52.1 Å². The molecule has 0 radical (unpaired) electrons. The molecule has 0 bridgehead atoms. The quantitative estimate of drug-likeness (QED) is 0.804. The summed E-state index contributed by atoms with van der Waals surface area (Å²) >= 11 is 0. The monoisotopic (exact) mass is 354 g/mol. The lowest BCUT2D eigenvalue weighted by molar-refractivity contribution is -0.117. The molecule has 8 heteroatoms. The zero-order valence-corrected chi connectivity index (χ0v) is 15.3. The number of benzene rings is 1. The van der Waals surface area contributed by atoms with E-state index < -0.39 is 10.0 Å². The molecule has 134 valence electrons. The minimum absolute atomic E-state index is 0.131. The third kappa shape index (κ3) is 4.76. The van der Waals surface area contributed by atoms with Gasteiger partial charge in [0, 0.05) is 32.9 Å². The summed E-state index contributed by atoms with van der Waals surface area (Å²) in [7, 11) is -0.548. The predicted octanol–water partition coefficient (Wildman–Crippen LogP) is 0.479. The molecule has 1 amide bonds. The molecular weight excluding hydrogens is 328 g/mol. The Kier molecular flexibility index (Phi) is 6.34. The summed E-state index contributed by atoms with van der Waals surface area (Å²) in [6, 6.07) is 4.96. The molecule has 1 heterocycles. The van der Waals surface area contributed by atoms with Gasteiger partial charge in [-0.05, 0) is 44.1 Å². The third-order valence-corrected chi connectivity index (χ3v) is 5.99. The average molecular weight is 354 g/mol. The van der Waals surface area contributed by atoms with E-state index in [0.717, 1.165) is 32.6 Å². The first-order chi connectivity index (χ1) is 11.3. The van der Waals surface area contributed by atoms with E-state index in [-0.39, 0.29) is 10.8 Å². The molecule has 1 aliphatic rings. The zero-order chi connectivity index (χ0) is 17.7. The number of hydrogen-bond acceptors (Lipinski definition) is 5.